The van der Waals surface area contributed by atoms with Crippen molar-refractivity contribution in [1.82, 2.24) is 0 Å². The van der Waals surface area contributed by atoms with Crippen molar-refractivity contribution in [2.24, 2.45) is 47.3 Å². The van der Waals surface area contributed by atoms with Gasteiger partial charge in [-0.15, -0.1) is 0 Å². The molecule has 6 atom stereocenters. The molecule has 3 fully saturated rings. The number of rotatable bonds is 2. The van der Waals surface area contributed by atoms with Crippen LogP contribution in [0.3, 0.4) is 0 Å². The summed E-state index contributed by atoms with van der Waals surface area (Å²) in [6.45, 7) is 10.1. The molecule has 0 aromatic heterocycles. The zero-order valence-corrected chi connectivity index (χ0v) is 15.7. The Bertz CT molecular complexity index is 338. The molecule has 0 aromatic carbocycles. The van der Waals surface area contributed by atoms with Crippen molar-refractivity contribution < 1.29 is 0 Å². The van der Waals surface area contributed by atoms with E-state index in [0.29, 0.717) is 0 Å². The van der Waals surface area contributed by atoms with Crippen LogP contribution in [-0.2, 0) is 0 Å². The third kappa shape index (κ3) is 3.73. The van der Waals surface area contributed by atoms with E-state index in [1.807, 2.05) is 0 Å². The average Bonchev–Trinajstić information content (AvgIpc) is 2.51. The maximum absolute atomic E-state index is 2.58. The Morgan fingerprint density at radius 2 is 1.00 bits per heavy atom. The van der Waals surface area contributed by atoms with Crippen LogP contribution in [0.5, 0.6) is 0 Å². The summed E-state index contributed by atoms with van der Waals surface area (Å²) in [4.78, 5) is 0. The minimum absolute atomic E-state index is 0.991. The Balaban J connectivity index is 1.72. The molecule has 0 radical (unpaired) electrons. The lowest BCUT2D eigenvalue weighted by molar-refractivity contribution is 0.0135. The minimum Gasteiger partial charge on any atom is -0.0625 e. The van der Waals surface area contributed by atoms with Crippen molar-refractivity contribution in [2.75, 3.05) is 0 Å². The van der Waals surface area contributed by atoms with Crippen LogP contribution in [0, 0.1) is 47.3 Å². The summed E-state index contributed by atoms with van der Waals surface area (Å²) >= 11 is 0. The van der Waals surface area contributed by atoms with Gasteiger partial charge in [0, 0.05) is 0 Å². The first-order valence-corrected chi connectivity index (χ1v) is 10.5. The van der Waals surface area contributed by atoms with Crippen molar-refractivity contribution in [1.29, 1.82) is 0 Å². The highest BCUT2D eigenvalue weighted by molar-refractivity contribution is 4.92. The molecule has 0 spiro atoms. The third-order valence-electron chi connectivity index (χ3n) is 7.95. The minimum atomic E-state index is 0.991. The van der Waals surface area contributed by atoms with E-state index in [4.69, 9.17) is 0 Å². The molecule has 0 aliphatic heterocycles. The van der Waals surface area contributed by atoms with Crippen LogP contribution in [0.2, 0.25) is 0 Å². The van der Waals surface area contributed by atoms with E-state index in [1.165, 1.54) is 38.5 Å². The smallest absolute Gasteiger partial charge is 0.0350 e. The van der Waals surface area contributed by atoms with Crippen LogP contribution in [0.15, 0.2) is 0 Å². The molecule has 22 heavy (non-hydrogen) atoms. The van der Waals surface area contributed by atoms with Crippen molar-refractivity contribution in [2.45, 2.75) is 91.9 Å². The molecule has 0 amide bonds. The molecule has 3 saturated carbocycles. The van der Waals surface area contributed by atoms with E-state index in [2.05, 4.69) is 27.7 Å². The van der Waals surface area contributed by atoms with Crippen molar-refractivity contribution in [3.8, 4) is 0 Å². The zero-order chi connectivity index (χ0) is 15.7. The van der Waals surface area contributed by atoms with Gasteiger partial charge in [0.05, 0.1) is 0 Å². The van der Waals surface area contributed by atoms with Crippen LogP contribution in [0.4, 0.5) is 0 Å². The Morgan fingerprint density at radius 1 is 0.455 bits per heavy atom. The average molecular weight is 305 g/mol. The van der Waals surface area contributed by atoms with Gasteiger partial charge in [0.15, 0.2) is 0 Å². The van der Waals surface area contributed by atoms with Gasteiger partial charge < -0.3 is 0 Å². The molecule has 0 saturated heterocycles. The lowest BCUT2D eigenvalue weighted by Crippen LogP contribution is -2.40. The molecule has 3 aliphatic rings. The van der Waals surface area contributed by atoms with Gasteiger partial charge in [-0.3, -0.25) is 0 Å². The van der Waals surface area contributed by atoms with E-state index in [-0.39, 0.29) is 0 Å². The molecule has 6 unspecified atom stereocenters. The summed E-state index contributed by atoms with van der Waals surface area (Å²) in [5.74, 6) is 8.27. The van der Waals surface area contributed by atoms with Gasteiger partial charge in [-0.1, -0.05) is 59.8 Å². The molecule has 3 aliphatic carbocycles. The van der Waals surface area contributed by atoms with Gasteiger partial charge in [-0.2, -0.15) is 0 Å². The largest absolute Gasteiger partial charge is 0.0625 e. The first-order chi connectivity index (χ1) is 10.5. The number of hydrogen-bond acceptors (Lipinski definition) is 0. The predicted octanol–water partition coefficient (Wildman–Crippen LogP) is 6.94. The highest BCUT2D eigenvalue weighted by Gasteiger charge is 2.42. The summed E-state index contributed by atoms with van der Waals surface area (Å²) in [6, 6.07) is 0. The summed E-state index contributed by atoms with van der Waals surface area (Å²) in [5, 5.41) is 0. The lowest BCUT2D eigenvalue weighted by Gasteiger charge is -2.48. The summed E-state index contributed by atoms with van der Waals surface area (Å²) in [7, 11) is 0. The second kappa shape index (κ2) is 7.27. The second-order valence-electron chi connectivity index (χ2n) is 9.83. The standard InChI is InChI=1S/C22H40/c1-15-6-10-19(11-7-15)20-12-8-17(3)14-22(20)21-13-16(2)5-9-18(21)4/h15-22H,5-14H2,1-4H3. The lowest BCUT2D eigenvalue weighted by atomic mass is 9.57. The van der Waals surface area contributed by atoms with Crippen molar-refractivity contribution >= 4 is 0 Å². The fourth-order valence-electron chi connectivity index (χ4n) is 6.41. The predicted molar refractivity (Wildman–Crippen MR) is 96.8 cm³/mol. The van der Waals surface area contributed by atoms with Crippen LogP contribution >= 0.6 is 0 Å². The Morgan fingerprint density at radius 3 is 1.68 bits per heavy atom. The van der Waals surface area contributed by atoms with E-state index >= 15 is 0 Å². The fraction of sp³-hybridized carbons (Fsp3) is 1.00. The van der Waals surface area contributed by atoms with E-state index < -0.39 is 0 Å². The van der Waals surface area contributed by atoms with Crippen molar-refractivity contribution in [3.05, 3.63) is 0 Å². The van der Waals surface area contributed by atoms with E-state index in [1.54, 1.807) is 25.7 Å². The monoisotopic (exact) mass is 304 g/mol. The Hall–Kier alpha value is 0. The molecule has 0 nitrogen and oxygen atoms in total. The SMILES string of the molecule is CC1CCC(C2CCC(C)CC2C2CC(C)CCC2C)CC1. The van der Waals surface area contributed by atoms with Gasteiger partial charge in [-0.25, -0.2) is 0 Å². The Labute approximate surface area is 139 Å². The van der Waals surface area contributed by atoms with Crippen molar-refractivity contribution in [3.63, 3.8) is 0 Å². The molecule has 0 heteroatoms. The topological polar surface area (TPSA) is 0 Å². The van der Waals surface area contributed by atoms with E-state index in [9.17, 15) is 0 Å². The molecule has 3 rings (SSSR count). The molecule has 128 valence electrons. The first kappa shape index (κ1) is 16.8. The summed E-state index contributed by atoms with van der Waals surface area (Å²) in [5.41, 5.74) is 0. The number of hydrogen-bond donors (Lipinski definition) is 0. The quantitative estimate of drug-likeness (QED) is 0.518. The van der Waals surface area contributed by atoms with Gasteiger partial charge in [-0.05, 0) is 79.4 Å². The van der Waals surface area contributed by atoms with Gasteiger partial charge in [0.2, 0.25) is 0 Å². The van der Waals surface area contributed by atoms with Crippen LogP contribution in [0.25, 0.3) is 0 Å². The first-order valence-electron chi connectivity index (χ1n) is 10.5. The molecule has 0 heterocycles. The molecular formula is C22H40. The van der Waals surface area contributed by atoms with Crippen LogP contribution in [0.1, 0.15) is 91.9 Å². The highest BCUT2D eigenvalue weighted by Crippen LogP contribution is 2.51. The normalized spacial score (nSPS) is 50.7. The summed E-state index contributed by atoms with van der Waals surface area (Å²) in [6.07, 6.45) is 15.3. The maximum atomic E-state index is 2.58. The molecule has 0 N–H and O–H groups in total. The Kier molecular flexibility index (Phi) is 5.56. The van der Waals surface area contributed by atoms with Crippen LogP contribution < -0.4 is 0 Å². The zero-order valence-electron chi connectivity index (χ0n) is 15.7. The summed E-state index contributed by atoms with van der Waals surface area (Å²) < 4.78 is 0. The van der Waals surface area contributed by atoms with E-state index in [0.717, 1.165) is 47.3 Å². The van der Waals surface area contributed by atoms with Gasteiger partial charge in [0.1, 0.15) is 0 Å². The van der Waals surface area contributed by atoms with Gasteiger partial charge >= 0.3 is 0 Å². The second-order valence-corrected chi connectivity index (χ2v) is 9.83. The highest BCUT2D eigenvalue weighted by atomic mass is 14.5. The maximum Gasteiger partial charge on any atom is -0.0350 e. The van der Waals surface area contributed by atoms with Crippen LogP contribution in [-0.4, -0.2) is 0 Å². The third-order valence-corrected chi connectivity index (χ3v) is 7.95. The molecule has 0 bridgehead atoms. The van der Waals surface area contributed by atoms with Gasteiger partial charge in [0.25, 0.3) is 0 Å². The fourth-order valence-corrected chi connectivity index (χ4v) is 6.41. The molecular weight excluding hydrogens is 264 g/mol. The molecule has 0 aromatic rings.